The molecule has 0 amide bonds. The zero-order chi connectivity index (χ0) is 14.9. The molecule has 110 valence electrons. The van der Waals surface area contributed by atoms with E-state index in [1.807, 2.05) is 0 Å². The SMILES string of the molecule is CC(C)(C)N1C(c2ccccc2)CCC1c1ccccc1. The highest BCUT2D eigenvalue weighted by Gasteiger charge is 2.41. The summed E-state index contributed by atoms with van der Waals surface area (Å²) in [5.74, 6) is 0. The molecule has 1 aliphatic rings. The minimum absolute atomic E-state index is 0.164. The van der Waals surface area contributed by atoms with E-state index in [1.54, 1.807) is 0 Å². The Kier molecular flexibility index (Phi) is 3.86. The molecule has 0 bridgehead atoms. The Bertz CT molecular complexity index is 520. The number of hydrogen-bond donors (Lipinski definition) is 0. The van der Waals surface area contributed by atoms with Crippen molar-refractivity contribution in [1.29, 1.82) is 0 Å². The second kappa shape index (κ2) is 5.65. The van der Waals surface area contributed by atoms with Crippen LogP contribution in [0.25, 0.3) is 0 Å². The Morgan fingerprint density at radius 2 is 1.10 bits per heavy atom. The van der Waals surface area contributed by atoms with E-state index in [9.17, 15) is 0 Å². The van der Waals surface area contributed by atoms with Crippen LogP contribution >= 0.6 is 0 Å². The standard InChI is InChI=1S/C20H25N/c1-20(2,3)21-18(16-10-6-4-7-11-16)14-15-19(21)17-12-8-5-9-13-17/h4-13,18-19H,14-15H2,1-3H3. The highest BCUT2D eigenvalue weighted by atomic mass is 15.3. The van der Waals surface area contributed by atoms with Gasteiger partial charge in [0.2, 0.25) is 0 Å². The summed E-state index contributed by atoms with van der Waals surface area (Å²) in [5, 5.41) is 0. The second-order valence-corrected chi connectivity index (χ2v) is 7.01. The van der Waals surface area contributed by atoms with Gasteiger partial charge in [-0.3, -0.25) is 4.90 Å². The maximum absolute atomic E-state index is 2.71. The first-order valence-corrected chi connectivity index (χ1v) is 7.96. The van der Waals surface area contributed by atoms with Gasteiger partial charge in [-0.2, -0.15) is 0 Å². The van der Waals surface area contributed by atoms with Gasteiger partial charge >= 0.3 is 0 Å². The molecule has 1 fully saturated rings. The van der Waals surface area contributed by atoms with E-state index in [0.717, 1.165) is 0 Å². The Morgan fingerprint density at radius 1 is 0.714 bits per heavy atom. The average Bonchev–Trinajstić information content (AvgIpc) is 2.94. The normalized spacial score (nSPS) is 23.4. The van der Waals surface area contributed by atoms with Crippen LogP contribution in [0, 0.1) is 0 Å². The number of likely N-dealkylation sites (tertiary alicyclic amines) is 1. The molecular weight excluding hydrogens is 254 g/mol. The lowest BCUT2D eigenvalue weighted by Gasteiger charge is -2.41. The fourth-order valence-corrected chi connectivity index (χ4v) is 3.75. The minimum atomic E-state index is 0.164. The van der Waals surface area contributed by atoms with E-state index >= 15 is 0 Å². The molecule has 0 aliphatic carbocycles. The van der Waals surface area contributed by atoms with Crippen LogP contribution in [0.5, 0.6) is 0 Å². The van der Waals surface area contributed by atoms with Crippen molar-refractivity contribution in [2.45, 2.75) is 51.2 Å². The predicted molar refractivity (Wildman–Crippen MR) is 89.2 cm³/mol. The van der Waals surface area contributed by atoms with Crippen LogP contribution in [0.1, 0.15) is 56.8 Å². The van der Waals surface area contributed by atoms with Crippen molar-refractivity contribution >= 4 is 0 Å². The van der Waals surface area contributed by atoms with Crippen LogP contribution < -0.4 is 0 Å². The maximum atomic E-state index is 2.71. The lowest BCUT2D eigenvalue weighted by Crippen LogP contribution is -2.42. The molecular formula is C20H25N. The molecule has 3 rings (SSSR count). The summed E-state index contributed by atoms with van der Waals surface area (Å²) < 4.78 is 0. The second-order valence-electron chi connectivity index (χ2n) is 7.01. The van der Waals surface area contributed by atoms with Crippen molar-refractivity contribution in [3.63, 3.8) is 0 Å². The third-order valence-corrected chi connectivity index (χ3v) is 4.53. The van der Waals surface area contributed by atoms with E-state index in [1.165, 1.54) is 24.0 Å². The number of nitrogens with zero attached hydrogens (tertiary/aromatic N) is 1. The molecule has 2 aromatic carbocycles. The number of rotatable bonds is 2. The molecule has 2 unspecified atom stereocenters. The summed E-state index contributed by atoms with van der Waals surface area (Å²) in [5.41, 5.74) is 3.06. The quantitative estimate of drug-likeness (QED) is 0.715. The van der Waals surface area contributed by atoms with E-state index in [-0.39, 0.29) is 5.54 Å². The monoisotopic (exact) mass is 279 g/mol. The molecule has 0 spiro atoms. The lowest BCUT2D eigenvalue weighted by molar-refractivity contribution is 0.0752. The van der Waals surface area contributed by atoms with Gasteiger partial charge in [-0.15, -0.1) is 0 Å². The van der Waals surface area contributed by atoms with Crippen LogP contribution in [-0.4, -0.2) is 10.4 Å². The molecule has 0 N–H and O–H groups in total. The Labute approximate surface area is 128 Å². The molecule has 0 saturated carbocycles. The Balaban J connectivity index is 1.97. The van der Waals surface area contributed by atoms with Crippen LogP contribution in [-0.2, 0) is 0 Å². The number of hydrogen-bond acceptors (Lipinski definition) is 1. The van der Waals surface area contributed by atoms with E-state index in [4.69, 9.17) is 0 Å². The molecule has 2 atom stereocenters. The molecule has 1 aliphatic heterocycles. The van der Waals surface area contributed by atoms with Crippen LogP contribution in [0.2, 0.25) is 0 Å². The van der Waals surface area contributed by atoms with Gasteiger partial charge in [0.15, 0.2) is 0 Å². The van der Waals surface area contributed by atoms with Gasteiger partial charge in [0, 0.05) is 17.6 Å². The van der Waals surface area contributed by atoms with E-state index < -0.39 is 0 Å². The first-order chi connectivity index (χ1) is 10.1. The minimum Gasteiger partial charge on any atom is -0.284 e. The highest BCUT2D eigenvalue weighted by Crippen LogP contribution is 2.47. The van der Waals surface area contributed by atoms with Crippen molar-refractivity contribution in [2.75, 3.05) is 0 Å². The van der Waals surface area contributed by atoms with Gasteiger partial charge in [0.25, 0.3) is 0 Å². The number of benzene rings is 2. The summed E-state index contributed by atoms with van der Waals surface area (Å²) in [7, 11) is 0. The van der Waals surface area contributed by atoms with Crippen molar-refractivity contribution in [3.05, 3.63) is 71.8 Å². The highest BCUT2D eigenvalue weighted by molar-refractivity contribution is 5.26. The van der Waals surface area contributed by atoms with E-state index in [2.05, 4.69) is 86.3 Å². The van der Waals surface area contributed by atoms with Gasteiger partial charge in [0.1, 0.15) is 0 Å². The molecule has 1 saturated heterocycles. The van der Waals surface area contributed by atoms with Crippen LogP contribution in [0.3, 0.4) is 0 Å². The van der Waals surface area contributed by atoms with Gasteiger partial charge in [-0.1, -0.05) is 60.7 Å². The fraction of sp³-hybridized carbons (Fsp3) is 0.400. The van der Waals surface area contributed by atoms with Gasteiger partial charge in [0.05, 0.1) is 0 Å². The van der Waals surface area contributed by atoms with Crippen molar-refractivity contribution in [2.24, 2.45) is 0 Å². The Hall–Kier alpha value is -1.60. The van der Waals surface area contributed by atoms with Gasteiger partial charge < -0.3 is 0 Å². The smallest absolute Gasteiger partial charge is 0.0360 e. The zero-order valence-corrected chi connectivity index (χ0v) is 13.3. The molecule has 0 aromatic heterocycles. The van der Waals surface area contributed by atoms with Gasteiger partial charge in [-0.05, 0) is 44.7 Å². The third-order valence-electron chi connectivity index (χ3n) is 4.53. The summed E-state index contributed by atoms with van der Waals surface area (Å²) in [6, 6.07) is 23.0. The molecule has 1 nitrogen and oxygen atoms in total. The van der Waals surface area contributed by atoms with Crippen molar-refractivity contribution in [3.8, 4) is 0 Å². The van der Waals surface area contributed by atoms with E-state index in [0.29, 0.717) is 12.1 Å². The van der Waals surface area contributed by atoms with Crippen molar-refractivity contribution in [1.82, 2.24) is 4.90 Å². The summed E-state index contributed by atoms with van der Waals surface area (Å²) in [4.78, 5) is 2.71. The first-order valence-electron chi connectivity index (χ1n) is 7.96. The third kappa shape index (κ3) is 2.89. The van der Waals surface area contributed by atoms with Crippen molar-refractivity contribution < 1.29 is 0 Å². The van der Waals surface area contributed by atoms with Crippen LogP contribution in [0.15, 0.2) is 60.7 Å². The van der Waals surface area contributed by atoms with Crippen LogP contribution in [0.4, 0.5) is 0 Å². The summed E-state index contributed by atoms with van der Waals surface area (Å²) in [6.45, 7) is 7.01. The maximum Gasteiger partial charge on any atom is 0.0360 e. The molecule has 1 heterocycles. The topological polar surface area (TPSA) is 3.24 Å². The molecule has 21 heavy (non-hydrogen) atoms. The summed E-state index contributed by atoms with van der Waals surface area (Å²) in [6.07, 6.45) is 2.47. The van der Waals surface area contributed by atoms with Gasteiger partial charge in [-0.25, -0.2) is 0 Å². The zero-order valence-electron chi connectivity index (χ0n) is 13.3. The average molecular weight is 279 g/mol. The molecule has 2 aromatic rings. The molecule has 0 radical (unpaired) electrons. The molecule has 1 heteroatoms. The summed E-state index contributed by atoms with van der Waals surface area (Å²) >= 11 is 0. The predicted octanol–water partition coefficient (Wildman–Crippen LogP) is 5.36. The first kappa shape index (κ1) is 14.3. The lowest BCUT2D eigenvalue weighted by atomic mass is 9.97. The Morgan fingerprint density at radius 3 is 1.43 bits per heavy atom. The largest absolute Gasteiger partial charge is 0.284 e. The fourth-order valence-electron chi connectivity index (χ4n) is 3.75.